The molecule has 4 nitrogen and oxygen atoms in total. The maximum Gasteiger partial charge on any atom is 0.224 e. The van der Waals surface area contributed by atoms with Crippen molar-refractivity contribution in [1.29, 1.82) is 0 Å². The molecule has 115 valence electrons. The molecule has 2 aromatic carbocycles. The highest BCUT2D eigenvalue weighted by atomic mass is 16.5. The summed E-state index contributed by atoms with van der Waals surface area (Å²) in [4.78, 5) is 10.4. The third kappa shape index (κ3) is 3.16. The van der Waals surface area contributed by atoms with Crippen molar-refractivity contribution in [1.82, 2.24) is 0 Å². The number of para-hydroxylation sites is 1. The van der Waals surface area contributed by atoms with Gasteiger partial charge in [-0.15, -0.1) is 0 Å². The normalized spacial score (nSPS) is 10.7. The van der Waals surface area contributed by atoms with E-state index in [1.165, 1.54) is 0 Å². The van der Waals surface area contributed by atoms with E-state index in [2.05, 4.69) is 0 Å². The van der Waals surface area contributed by atoms with Crippen LogP contribution in [0.15, 0.2) is 54.6 Å². The molecule has 0 aliphatic carbocycles. The van der Waals surface area contributed by atoms with Crippen LogP contribution < -0.4 is 9.47 Å². The van der Waals surface area contributed by atoms with Gasteiger partial charge in [0, 0.05) is 31.0 Å². The quantitative estimate of drug-likeness (QED) is 0.538. The summed E-state index contributed by atoms with van der Waals surface area (Å²) in [5, 5.41) is 13.0. The fourth-order valence-electron chi connectivity index (χ4n) is 2.57. The lowest BCUT2D eigenvalue weighted by Gasteiger charge is -2.11. The molecule has 0 saturated heterocycles. The fraction of sp³-hybridized carbons (Fsp3) is 0.158. The number of fused-ring (bicyclic) bond motifs is 1. The minimum Gasteiger partial charge on any atom is -0.618 e. The molecule has 0 bridgehead atoms. The first-order valence-electron chi connectivity index (χ1n) is 7.36. The van der Waals surface area contributed by atoms with Gasteiger partial charge in [-0.2, -0.15) is 4.73 Å². The molecule has 0 amide bonds. The Balaban J connectivity index is 1.84. The van der Waals surface area contributed by atoms with Crippen molar-refractivity contribution in [3.8, 4) is 5.75 Å². The summed E-state index contributed by atoms with van der Waals surface area (Å²) >= 11 is 0. The van der Waals surface area contributed by atoms with Crippen molar-refractivity contribution >= 4 is 17.2 Å². The van der Waals surface area contributed by atoms with Gasteiger partial charge in [-0.1, -0.05) is 24.3 Å². The van der Waals surface area contributed by atoms with Crippen molar-refractivity contribution in [2.45, 2.75) is 20.0 Å². The Hall–Kier alpha value is -2.88. The molecule has 4 heteroatoms. The van der Waals surface area contributed by atoms with Crippen LogP contribution in [0.25, 0.3) is 10.9 Å². The van der Waals surface area contributed by atoms with Gasteiger partial charge in [-0.25, -0.2) is 0 Å². The largest absolute Gasteiger partial charge is 0.618 e. The topological polar surface area (TPSA) is 53.2 Å². The average Bonchev–Trinajstić information content (AvgIpc) is 2.58. The number of benzene rings is 2. The van der Waals surface area contributed by atoms with Crippen LogP contribution in [0.3, 0.4) is 0 Å². The second-order valence-electron chi connectivity index (χ2n) is 5.38. The van der Waals surface area contributed by atoms with E-state index < -0.39 is 0 Å². The van der Waals surface area contributed by atoms with Crippen LogP contribution >= 0.6 is 0 Å². The van der Waals surface area contributed by atoms with Crippen LogP contribution in [-0.2, 0) is 17.8 Å². The van der Waals surface area contributed by atoms with Crippen LogP contribution in [-0.4, -0.2) is 6.29 Å². The summed E-state index contributed by atoms with van der Waals surface area (Å²) in [6, 6.07) is 16.7. The lowest BCUT2D eigenvalue weighted by Crippen LogP contribution is -2.31. The van der Waals surface area contributed by atoms with Crippen LogP contribution in [0.5, 0.6) is 5.75 Å². The molecule has 0 spiro atoms. The fourth-order valence-corrected chi connectivity index (χ4v) is 2.57. The summed E-state index contributed by atoms with van der Waals surface area (Å²) in [5.74, 6) is 0.722. The van der Waals surface area contributed by atoms with Gasteiger partial charge in [0.2, 0.25) is 11.8 Å². The molecule has 23 heavy (non-hydrogen) atoms. The molecule has 1 radical (unpaired) electrons. The van der Waals surface area contributed by atoms with E-state index in [0.717, 1.165) is 27.0 Å². The zero-order valence-electron chi connectivity index (χ0n) is 12.8. The van der Waals surface area contributed by atoms with E-state index in [1.54, 1.807) is 6.92 Å². The Bertz CT molecular complexity index is 841. The number of ether oxygens (including phenoxy) is 1. The standard InChI is InChI=1S/C19H16NO3/c1-14-12-16(18-4-2-3-5-19(18)20(14)22)13-23-17-8-6-15(7-9-17)10-11-21/h2-9,12H,10,13H2,1H3. The summed E-state index contributed by atoms with van der Waals surface area (Å²) in [6.07, 6.45) is 2.15. The second-order valence-corrected chi connectivity index (χ2v) is 5.38. The zero-order chi connectivity index (χ0) is 16.2. The summed E-state index contributed by atoms with van der Waals surface area (Å²) in [6.45, 7) is 2.16. The van der Waals surface area contributed by atoms with Gasteiger partial charge in [-0.3, -0.25) is 4.79 Å². The van der Waals surface area contributed by atoms with Crippen molar-refractivity contribution in [2.75, 3.05) is 0 Å². The molecule has 1 heterocycles. The average molecular weight is 306 g/mol. The highest BCUT2D eigenvalue weighted by molar-refractivity contribution is 5.79. The van der Waals surface area contributed by atoms with Gasteiger partial charge < -0.3 is 9.94 Å². The number of hydrogen-bond donors (Lipinski definition) is 0. The molecular formula is C19H16NO3. The van der Waals surface area contributed by atoms with Gasteiger partial charge in [0.15, 0.2) is 5.69 Å². The molecule has 0 aliphatic heterocycles. The van der Waals surface area contributed by atoms with Gasteiger partial charge in [-0.05, 0) is 23.8 Å². The minimum absolute atomic E-state index is 0.284. The summed E-state index contributed by atoms with van der Waals surface area (Å²) in [5.41, 5.74) is 3.15. The van der Waals surface area contributed by atoms with E-state index >= 15 is 0 Å². The van der Waals surface area contributed by atoms with Crippen molar-refractivity contribution in [2.24, 2.45) is 0 Å². The zero-order valence-corrected chi connectivity index (χ0v) is 12.8. The first-order chi connectivity index (χ1) is 11.2. The number of aromatic nitrogens is 1. The Morgan fingerprint density at radius 3 is 2.61 bits per heavy atom. The number of carbonyl (C=O) groups excluding carboxylic acids is 1. The van der Waals surface area contributed by atoms with Gasteiger partial charge >= 0.3 is 0 Å². The maximum atomic E-state index is 12.1. The molecule has 0 fully saturated rings. The van der Waals surface area contributed by atoms with Gasteiger partial charge in [0.25, 0.3) is 0 Å². The van der Waals surface area contributed by atoms with Crippen molar-refractivity contribution in [3.05, 3.63) is 76.6 Å². The Kier molecular flexibility index (Phi) is 4.24. The lowest BCUT2D eigenvalue weighted by atomic mass is 10.1. The monoisotopic (exact) mass is 306 g/mol. The van der Waals surface area contributed by atoms with Crippen LogP contribution in [0.2, 0.25) is 0 Å². The Morgan fingerprint density at radius 2 is 1.87 bits per heavy atom. The molecule has 0 saturated carbocycles. The van der Waals surface area contributed by atoms with Gasteiger partial charge in [0.05, 0.1) is 5.39 Å². The van der Waals surface area contributed by atoms with E-state index in [1.807, 2.05) is 60.9 Å². The highest BCUT2D eigenvalue weighted by Gasteiger charge is 2.12. The predicted molar refractivity (Wildman–Crippen MR) is 87.8 cm³/mol. The molecule has 3 aromatic rings. The second kappa shape index (κ2) is 6.48. The van der Waals surface area contributed by atoms with E-state index in [-0.39, 0.29) is 6.42 Å². The number of nitrogens with zero attached hydrogens (tertiary/aromatic N) is 1. The molecule has 0 atom stereocenters. The molecule has 1 aromatic heterocycles. The van der Waals surface area contributed by atoms with E-state index in [4.69, 9.17) is 4.74 Å². The number of aryl methyl sites for hydroxylation is 1. The number of rotatable bonds is 5. The van der Waals surface area contributed by atoms with Crippen LogP contribution in [0.4, 0.5) is 0 Å². The predicted octanol–water partition coefficient (Wildman–Crippen LogP) is 3.01. The van der Waals surface area contributed by atoms with Gasteiger partial charge in [0.1, 0.15) is 12.4 Å². The highest BCUT2D eigenvalue weighted by Crippen LogP contribution is 2.20. The lowest BCUT2D eigenvalue weighted by molar-refractivity contribution is -0.584. The third-order valence-electron chi connectivity index (χ3n) is 3.77. The van der Waals surface area contributed by atoms with Crippen molar-refractivity contribution < 1.29 is 14.3 Å². The first kappa shape index (κ1) is 15.0. The molecular weight excluding hydrogens is 290 g/mol. The smallest absolute Gasteiger partial charge is 0.224 e. The Morgan fingerprint density at radius 1 is 1.13 bits per heavy atom. The molecule has 0 N–H and O–H groups in total. The summed E-state index contributed by atoms with van der Waals surface area (Å²) < 4.78 is 6.75. The first-order valence-corrected chi connectivity index (χ1v) is 7.36. The summed E-state index contributed by atoms with van der Waals surface area (Å²) in [7, 11) is 0. The SMILES string of the molecule is Cc1cc(COc2ccc(C[C]=O)cc2)c2ccccc2[n+]1[O-]. The maximum absolute atomic E-state index is 12.1. The van der Waals surface area contributed by atoms with Crippen LogP contribution in [0, 0.1) is 12.1 Å². The van der Waals surface area contributed by atoms with Crippen LogP contribution in [0.1, 0.15) is 16.8 Å². The van der Waals surface area contributed by atoms with E-state index in [9.17, 15) is 10.0 Å². The van der Waals surface area contributed by atoms with Crippen molar-refractivity contribution in [3.63, 3.8) is 0 Å². The third-order valence-corrected chi connectivity index (χ3v) is 3.77. The Labute approximate surface area is 134 Å². The number of pyridine rings is 1. The van der Waals surface area contributed by atoms with E-state index in [0.29, 0.717) is 17.8 Å². The number of hydrogen-bond acceptors (Lipinski definition) is 3. The molecule has 3 rings (SSSR count). The minimum atomic E-state index is 0.284. The molecule has 0 aliphatic rings. The molecule has 0 unspecified atom stereocenters.